The van der Waals surface area contributed by atoms with Crippen molar-refractivity contribution < 1.29 is 0 Å². The second-order valence-electron chi connectivity index (χ2n) is 12.5. The molecule has 2 heteroatoms. The van der Waals surface area contributed by atoms with Gasteiger partial charge in [0.2, 0.25) is 0 Å². The van der Waals surface area contributed by atoms with E-state index in [9.17, 15) is 0 Å². The first-order valence-corrected chi connectivity index (χ1v) is 15.5. The summed E-state index contributed by atoms with van der Waals surface area (Å²) in [6.07, 6.45) is 0. The molecule has 1 heterocycles. The highest BCUT2D eigenvalue weighted by molar-refractivity contribution is 6.02. The largest absolute Gasteiger partial charge is 0.339 e. The Balaban J connectivity index is 1.39. The quantitative estimate of drug-likeness (QED) is 0.224. The molecule has 0 spiro atoms. The van der Waals surface area contributed by atoms with Crippen molar-refractivity contribution in [3.63, 3.8) is 0 Å². The van der Waals surface area contributed by atoms with Gasteiger partial charge in [0.25, 0.3) is 0 Å². The molecule has 0 saturated carbocycles. The standard InChI is InChI=1S/C42H34N2/c1-42(2)35-25-15-14-24-34(35)39-38(30-20-10-5-11-21-30)41(33-23-13-12-22-32(33)40(39)42)44-37-27-31(28-16-6-3-7-17-28)26-36(43-37)29-18-8-4-9-19-29/h3-27,39-40H,1-2H3,(H,43,44). The third kappa shape index (κ3) is 4.29. The molecular formula is C42H34N2. The van der Waals surface area contributed by atoms with Crippen molar-refractivity contribution in [3.05, 3.63) is 179 Å². The lowest BCUT2D eigenvalue weighted by Crippen LogP contribution is -2.29. The van der Waals surface area contributed by atoms with Crippen molar-refractivity contribution in [3.8, 4) is 22.4 Å². The van der Waals surface area contributed by atoms with Crippen LogP contribution in [0.1, 0.15) is 53.5 Å². The lowest BCUT2D eigenvalue weighted by atomic mass is 9.65. The molecule has 0 fully saturated rings. The zero-order valence-corrected chi connectivity index (χ0v) is 25.0. The summed E-state index contributed by atoms with van der Waals surface area (Å²) in [4.78, 5) is 5.24. The third-order valence-corrected chi connectivity index (χ3v) is 9.59. The lowest BCUT2D eigenvalue weighted by Gasteiger charge is -2.39. The number of benzene rings is 5. The van der Waals surface area contributed by atoms with Gasteiger partial charge in [0.15, 0.2) is 0 Å². The van der Waals surface area contributed by atoms with Crippen LogP contribution < -0.4 is 5.32 Å². The summed E-state index contributed by atoms with van der Waals surface area (Å²) in [5.74, 6) is 1.37. The number of nitrogens with one attached hydrogen (secondary N) is 1. The summed E-state index contributed by atoms with van der Waals surface area (Å²) in [7, 11) is 0. The van der Waals surface area contributed by atoms with E-state index in [1.807, 2.05) is 0 Å². The molecule has 2 unspecified atom stereocenters. The topological polar surface area (TPSA) is 24.9 Å². The van der Waals surface area contributed by atoms with E-state index in [2.05, 4.69) is 171 Å². The predicted molar refractivity (Wildman–Crippen MR) is 183 cm³/mol. The number of anilines is 1. The number of hydrogen-bond donors (Lipinski definition) is 1. The maximum Gasteiger partial charge on any atom is 0.131 e. The van der Waals surface area contributed by atoms with E-state index in [4.69, 9.17) is 4.98 Å². The maximum atomic E-state index is 5.24. The molecule has 0 radical (unpaired) electrons. The zero-order chi connectivity index (χ0) is 29.7. The minimum Gasteiger partial charge on any atom is -0.339 e. The molecule has 1 N–H and O–H groups in total. The molecule has 0 saturated heterocycles. The van der Waals surface area contributed by atoms with Gasteiger partial charge < -0.3 is 5.32 Å². The second-order valence-corrected chi connectivity index (χ2v) is 12.5. The van der Waals surface area contributed by atoms with E-state index in [0.29, 0.717) is 5.92 Å². The van der Waals surface area contributed by atoms with Crippen LogP contribution >= 0.6 is 0 Å². The third-order valence-electron chi connectivity index (χ3n) is 9.59. The number of fused-ring (bicyclic) bond motifs is 5. The fraction of sp³-hybridized carbons (Fsp3) is 0.119. The number of allylic oxidation sites excluding steroid dienone is 1. The van der Waals surface area contributed by atoms with Crippen LogP contribution in [0.4, 0.5) is 5.82 Å². The Kier molecular flexibility index (Phi) is 6.31. The zero-order valence-electron chi connectivity index (χ0n) is 25.0. The monoisotopic (exact) mass is 566 g/mol. The Morgan fingerprint density at radius 1 is 0.545 bits per heavy atom. The van der Waals surface area contributed by atoms with Crippen molar-refractivity contribution in [2.24, 2.45) is 0 Å². The molecule has 0 aliphatic heterocycles. The van der Waals surface area contributed by atoms with Crippen LogP contribution in [-0.2, 0) is 5.41 Å². The van der Waals surface area contributed by atoms with Crippen molar-refractivity contribution in [2.45, 2.75) is 31.1 Å². The Morgan fingerprint density at radius 2 is 1.11 bits per heavy atom. The van der Waals surface area contributed by atoms with Crippen LogP contribution in [0.15, 0.2) is 152 Å². The van der Waals surface area contributed by atoms with E-state index in [0.717, 1.165) is 28.3 Å². The number of rotatable bonds is 5. The Bertz CT molecular complexity index is 1950. The Labute approximate surface area is 259 Å². The number of aromatic nitrogens is 1. The SMILES string of the molecule is CC1(C)c2ccccc2C2C(c3ccccc3)=C(Nc3cc(-c4ccccc4)cc(-c4ccccc4)n3)c3ccccc3C21. The maximum absolute atomic E-state index is 5.24. The molecule has 0 bridgehead atoms. The summed E-state index contributed by atoms with van der Waals surface area (Å²) >= 11 is 0. The van der Waals surface area contributed by atoms with Gasteiger partial charge in [0.05, 0.1) is 11.4 Å². The fourth-order valence-corrected chi connectivity index (χ4v) is 7.66. The first kappa shape index (κ1) is 26.4. The van der Waals surface area contributed by atoms with E-state index < -0.39 is 0 Å². The average Bonchev–Trinajstić information content (AvgIpc) is 3.32. The number of nitrogens with zero attached hydrogens (tertiary/aromatic N) is 1. The van der Waals surface area contributed by atoms with Crippen molar-refractivity contribution in [2.75, 3.05) is 5.32 Å². The predicted octanol–water partition coefficient (Wildman–Crippen LogP) is 10.6. The van der Waals surface area contributed by atoms with Crippen LogP contribution in [-0.4, -0.2) is 4.98 Å². The van der Waals surface area contributed by atoms with E-state index in [1.165, 1.54) is 39.0 Å². The molecule has 44 heavy (non-hydrogen) atoms. The average molecular weight is 567 g/mol. The summed E-state index contributed by atoms with van der Waals surface area (Å²) in [5.41, 5.74) is 13.6. The molecule has 0 amide bonds. The minimum absolute atomic E-state index is 0.0190. The van der Waals surface area contributed by atoms with E-state index >= 15 is 0 Å². The molecule has 2 nitrogen and oxygen atoms in total. The second kappa shape index (κ2) is 10.5. The summed E-state index contributed by atoms with van der Waals surface area (Å²) in [5, 5.41) is 3.95. The van der Waals surface area contributed by atoms with Gasteiger partial charge in [-0.05, 0) is 56.5 Å². The van der Waals surface area contributed by atoms with Crippen LogP contribution in [0.25, 0.3) is 33.7 Å². The van der Waals surface area contributed by atoms with Gasteiger partial charge >= 0.3 is 0 Å². The highest BCUT2D eigenvalue weighted by Gasteiger charge is 2.51. The van der Waals surface area contributed by atoms with Gasteiger partial charge in [0, 0.05) is 23.0 Å². The number of pyridine rings is 1. The molecule has 2 atom stereocenters. The first-order chi connectivity index (χ1) is 21.6. The molecule has 2 aliphatic rings. The van der Waals surface area contributed by atoms with Crippen LogP contribution in [0.3, 0.4) is 0 Å². The van der Waals surface area contributed by atoms with Crippen LogP contribution in [0.5, 0.6) is 0 Å². The Hall–Kier alpha value is -5.21. The molecule has 5 aromatic carbocycles. The fourth-order valence-electron chi connectivity index (χ4n) is 7.66. The highest BCUT2D eigenvalue weighted by atomic mass is 15.0. The van der Waals surface area contributed by atoms with Crippen molar-refractivity contribution >= 4 is 17.1 Å². The molecule has 2 aliphatic carbocycles. The van der Waals surface area contributed by atoms with Crippen molar-refractivity contribution in [1.29, 1.82) is 0 Å². The summed E-state index contributed by atoms with van der Waals surface area (Å²) in [6, 6.07) is 54.5. The van der Waals surface area contributed by atoms with Crippen LogP contribution in [0.2, 0.25) is 0 Å². The molecule has 1 aromatic heterocycles. The Morgan fingerprint density at radius 3 is 1.82 bits per heavy atom. The van der Waals surface area contributed by atoms with E-state index in [-0.39, 0.29) is 11.3 Å². The molecule has 6 aromatic rings. The van der Waals surface area contributed by atoms with E-state index in [1.54, 1.807) is 0 Å². The summed E-state index contributed by atoms with van der Waals surface area (Å²) < 4.78 is 0. The van der Waals surface area contributed by atoms with Gasteiger partial charge in [-0.15, -0.1) is 0 Å². The van der Waals surface area contributed by atoms with Gasteiger partial charge in [-0.1, -0.05) is 153 Å². The lowest BCUT2D eigenvalue weighted by molar-refractivity contribution is 0.428. The van der Waals surface area contributed by atoms with Gasteiger partial charge in [-0.25, -0.2) is 4.98 Å². The molecular weight excluding hydrogens is 532 g/mol. The van der Waals surface area contributed by atoms with Crippen molar-refractivity contribution in [1.82, 2.24) is 4.98 Å². The molecule has 8 rings (SSSR count). The number of hydrogen-bond acceptors (Lipinski definition) is 2. The van der Waals surface area contributed by atoms with Gasteiger partial charge in [-0.2, -0.15) is 0 Å². The smallest absolute Gasteiger partial charge is 0.131 e. The van der Waals surface area contributed by atoms with Crippen LogP contribution in [0, 0.1) is 0 Å². The van der Waals surface area contributed by atoms with Gasteiger partial charge in [0.1, 0.15) is 5.82 Å². The summed E-state index contributed by atoms with van der Waals surface area (Å²) in [6.45, 7) is 4.84. The normalized spacial score (nSPS) is 17.9. The first-order valence-electron chi connectivity index (χ1n) is 15.5. The van der Waals surface area contributed by atoms with Gasteiger partial charge in [-0.3, -0.25) is 0 Å². The highest BCUT2D eigenvalue weighted by Crippen LogP contribution is 2.63. The molecule has 212 valence electrons. The minimum atomic E-state index is -0.0190.